The van der Waals surface area contributed by atoms with Crippen molar-refractivity contribution < 1.29 is 4.39 Å². The number of rotatable bonds is 3. The van der Waals surface area contributed by atoms with Gasteiger partial charge >= 0.3 is 0 Å². The normalized spacial score (nSPS) is 11.1. The van der Waals surface area contributed by atoms with Gasteiger partial charge in [-0.25, -0.2) is 4.39 Å². The Morgan fingerprint density at radius 3 is 2.80 bits per heavy atom. The number of nitrogens with zero attached hydrogens (tertiary/aromatic N) is 1. The van der Waals surface area contributed by atoms with Gasteiger partial charge in [0, 0.05) is 28.9 Å². The first kappa shape index (κ1) is 10.6. The standard InChI is InChI=1S/C12H14FNS/c1-3-14-11(8-15-2)7-9-6-10(13)4-5-12(9)14/h4-7H,3,8H2,1-2H3. The molecule has 0 N–H and O–H groups in total. The quantitative estimate of drug-likeness (QED) is 0.768. The average Bonchev–Trinajstić information content (AvgIpc) is 2.54. The van der Waals surface area contributed by atoms with Crippen LogP contribution >= 0.6 is 11.8 Å². The van der Waals surface area contributed by atoms with Crippen molar-refractivity contribution in [3.63, 3.8) is 0 Å². The van der Waals surface area contributed by atoms with Crippen LogP contribution in [0.15, 0.2) is 24.3 Å². The second-order valence-corrected chi connectivity index (χ2v) is 4.38. The monoisotopic (exact) mass is 223 g/mol. The lowest BCUT2D eigenvalue weighted by Crippen LogP contribution is -1.98. The maximum Gasteiger partial charge on any atom is 0.123 e. The minimum atomic E-state index is -0.161. The first-order chi connectivity index (χ1) is 7.26. The second kappa shape index (κ2) is 4.27. The van der Waals surface area contributed by atoms with Crippen LogP contribution in [-0.2, 0) is 12.3 Å². The van der Waals surface area contributed by atoms with Gasteiger partial charge in [-0.05, 0) is 37.4 Å². The summed E-state index contributed by atoms with van der Waals surface area (Å²) in [4.78, 5) is 0. The molecule has 0 radical (unpaired) electrons. The zero-order chi connectivity index (χ0) is 10.8. The van der Waals surface area contributed by atoms with Crippen LogP contribution in [0.5, 0.6) is 0 Å². The van der Waals surface area contributed by atoms with Gasteiger partial charge in [0.1, 0.15) is 5.82 Å². The molecule has 1 nitrogen and oxygen atoms in total. The Labute approximate surface area is 93.3 Å². The molecule has 0 fully saturated rings. The van der Waals surface area contributed by atoms with Gasteiger partial charge < -0.3 is 4.57 Å². The molecule has 15 heavy (non-hydrogen) atoms. The number of aryl methyl sites for hydroxylation is 1. The molecular formula is C12H14FNS. The predicted octanol–water partition coefficient (Wildman–Crippen LogP) is 3.66. The van der Waals surface area contributed by atoms with E-state index in [1.165, 1.54) is 11.8 Å². The molecule has 0 unspecified atom stereocenters. The fourth-order valence-corrected chi connectivity index (χ4v) is 2.47. The molecular weight excluding hydrogens is 209 g/mol. The average molecular weight is 223 g/mol. The largest absolute Gasteiger partial charge is 0.344 e. The summed E-state index contributed by atoms with van der Waals surface area (Å²) in [6, 6.07) is 7.07. The molecule has 0 bridgehead atoms. The van der Waals surface area contributed by atoms with E-state index in [-0.39, 0.29) is 5.82 Å². The molecule has 1 heterocycles. The number of benzene rings is 1. The number of hydrogen-bond acceptors (Lipinski definition) is 1. The molecule has 0 saturated heterocycles. The summed E-state index contributed by atoms with van der Waals surface area (Å²) >= 11 is 1.79. The Hall–Kier alpha value is -0.960. The van der Waals surface area contributed by atoms with E-state index in [2.05, 4.69) is 23.8 Å². The van der Waals surface area contributed by atoms with Crippen molar-refractivity contribution in [2.24, 2.45) is 0 Å². The topological polar surface area (TPSA) is 4.93 Å². The van der Waals surface area contributed by atoms with Crippen molar-refractivity contribution in [1.82, 2.24) is 4.57 Å². The minimum absolute atomic E-state index is 0.161. The SMILES string of the molecule is CCn1c(CSC)cc2cc(F)ccc21. The fraction of sp³-hybridized carbons (Fsp3) is 0.333. The van der Waals surface area contributed by atoms with Crippen molar-refractivity contribution in [2.75, 3.05) is 6.26 Å². The molecule has 3 heteroatoms. The lowest BCUT2D eigenvalue weighted by Gasteiger charge is -2.06. The van der Waals surface area contributed by atoms with E-state index in [0.29, 0.717) is 0 Å². The zero-order valence-corrected chi connectivity index (χ0v) is 9.77. The molecule has 0 spiro atoms. The van der Waals surface area contributed by atoms with Crippen molar-refractivity contribution in [1.29, 1.82) is 0 Å². The Bertz CT molecular complexity index is 476. The minimum Gasteiger partial charge on any atom is -0.344 e. The Morgan fingerprint density at radius 1 is 1.33 bits per heavy atom. The maximum absolute atomic E-state index is 13.1. The number of thioether (sulfide) groups is 1. The summed E-state index contributed by atoms with van der Waals surface area (Å²) < 4.78 is 15.3. The van der Waals surface area contributed by atoms with Crippen LogP contribution in [0, 0.1) is 5.82 Å². The third kappa shape index (κ3) is 1.88. The molecule has 1 aromatic carbocycles. The summed E-state index contributed by atoms with van der Waals surface area (Å²) in [6.07, 6.45) is 2.08. The first-order valence-electron chi connectivity index (χ1n) is 5.03. The van der Waals surface area contributed by atoms with Crippen LogP contribution in [0.2, 0.25) is 0 Å². The molecule has 0 atom stereocenters. The van der Waals surface area contributed by atoms with Gasteiger partial charge in [-0.15, -0.1) is 0 Å². The maximum atomic E-state index is 13.1. The van der Waals surface area contributed by atoms with Crippen LogP contribution in [-0.4, -0.2) is 10.8 Å². The van der Waals surface area contributed by atoms with Crippen molar-refractivity contribution >= 4 is 22.7 Å². The Balaban J connectivity index is 2.62. The van der Waals surface area contributed by atoms with Crippen LogP contribution in [0.3, 0.4) is 0 Å². The predicted molar refractivity (Wildman–Crippen MR) is 64.8 cm³/mol. The molecule has 0 aliphatic carbocycles. The lowest BCUT2D eigenvalue weighted by molar-refractivity contribution is 0.629. The first-order valence-corrected chi connectivity index (χ1v) is 6.42. The third-order valence-electron chi connectivity index (χ3n) is 2.56. The van der Waals surface area contributed by atoms with Crippen molar-refractivity contribution in [3.8, 4) is 0 Å². The van der Waals surface area contributed by atoms with Gasteiger partial charge in [0.15, 0.2) is 0 Å². The second-order valence-electron chi connectivity index (χ2n) is 3.52. The number of halogens is 1. The molecule has 2 rings (SSSR count). The van der Waals surface area contributed by atoms with Crippen LogP contribution < -0.4 is 0 Å². The summed E-state index contributed by atoms with van der Waals surface area (Å²) in [6.45, 7) is 3.05. The van der Waals surface area contributed by atoms with Gasteiger partial charge in [-0.2, -0.15) is 11.8 Å². The number of hydrogen-bond donors (Lipinski definition) is 0. The zero-order valence-electron chi connectivity index (χ0n) is 8.96. The molecule has 80 valence electrons. The van der Waals surface area contributed by atoms with Gasteiger partial charge in [0.25, 0.3) is 0 Å². The lowest BCUT2D eigenvalue weighted by atomic mass is 10.2. The third-order valence-corrected chi connectivity index (χ3v) is 3.14. The van der Waals surface area contributed by atoms with Gasteiger partial charge in [-0.3, -0.25) is 0 Å². The number of fused-ring (bicyclic) bond motifs is 1. The van der Waals surface area contributed by atoms with Crippen LogP contribution in [0.25, 0.3) is 10.9 Å². The highest BCUT2D eigenvalue weighted by Crippen LogP contribution is 2.23. The fourth-order valence-electron chi connectivity index (χ4n) is 1.94. The summed E-state index contributed by atoms with van der Waals surface area (Å²) in [7, 11) is 0. The highest BCUT2D eigenvalue weighted by molar-refractivity contribution is 7.97. The Morgan fingerprint density at radius 2 is 2.13 bits per heavy atom. The molecule has 0 aliphatic rings. The highest BCUT2D eigenvalue weighted by atomic mass is 32.2. The molecule has 0 amide bonds. The number of aromatic nitrogens is 1. The molecule has 0 aliphatic heterocycles. The van der Waals surface area contributed by atoms with Crippen molar-refractivity contribution in [2.45, 2.75) is 19.2 Å². The smallest absolute Gasteiger partial charge is 0.123 e. The van der Waals surface area contributed by atoms with Crippen LogP contribution in [0.1, 0.15) is 12.6 Å². The summed E-state index contributed by atoms with van der Waals surface area (Å²) in [5.74, 6) is 0.816. The summed E-state index contributed by atoms with van der Waals surface area (Å²) in [5.41, 5.74) is 2.40. The van der Waals surface area contributed by atoms with E-state index < -0.39 is 0 Å². The van der Waals surface area contributed by atoms with E-state index in [1.54, 1.807) is 17.8 Å². The van der Waals surface area contributed by atoms with E-state index in [0.717, 1.165) is 23.2 Å². The van der Waals surface area contributed by atoms with E-state index in [1.807, 2.05) is 6.07 Å². The molecule has 1 aromatic heterocycles. The van der Waals surface area contributed by atoms with Crippen LogP contribution in [0.4, 0.5) is 4.39 Å². The van der Waals surface area contributed by atoms with Crippen molar-refractivity contribution in [3.05, 3.63) is 35.8 Å². The molecule has 0 saturated carbocycles. The van der Waals surface area contributed by atoms with Gasteiger partial charge in [0.2, 0.25) is 0 Å². The van der Waals surface area contributed by atoms with E-state index in [4.69, 9.17) is 0 Å². The molecule has 2 aromatic rings. The van der Waals surface area contributed by atoms with E-state index in [9.17, 15) is 4.39 Å². The highest BCUT2D eigenvalue weighted by Gasteiger charge is 2.07. The summed E-state index contributed by atoms with van der Waals surface area (Å²) in [5, 5.41) is 1.00. The van der Waals surface area contributed by atoms with E-state index >= 15 is 0 Å². The van der Waals surface area contributed by atoms with Gasteiger partial charge in [0.05, 0.1) is 0 Å². The Kier molecular flexibility index (Phi) is 3.00. The van der Waals surface area contributed by atoms with Gasteiger partial charge in [-0.1, -0.05) is 0 Å².